The lowest BCUT2D eigenvalue weighted by atomic mass is 10.0. The summed E-state index contributed by atoms with van der Waals surface area (Å²) in [4.78, 5) is 0. The Hall–Kier alpha value is -2.21. The van der Waals surface area contributed by atoms with Gasteiger partial charge in [-0.25, -0.2) is 4.52 Å². The summed E-state index contributed by atoms with van der Waals surface area (Å²) in [6.45, 7) is 4.19. The zero-order valence-corrected chi connectivity index (χ0v) is 19.6. The maximum atomic E-state index is 6.34. The van der Waals surface area contributed by atoms with Gasteiger partial charge in [0.05, 0.1) is 5.69 Å². The molecule has 2 heterocycles. The summed E-state index contributed by atoms with van der Waals surface area (Å²) in [6, 6.07) is 7.49. The van der Waals surface area contributed by atoms with Crippen LogP contribution in [-0.2, 0) is 0 Å². The maximum Gasteiger partial charge on any atom is 0.196 e. The first kappa shape index (κ1) is 23.5. The van der Waals surface area contributed by atoms with Gasteiger partial charge in [-0.1, -0.05) is 76.3 Å². The summed E-state index contributed by atoms with van der Waals surface area (Å²) in [5.74, 6) is 1.52. The molecule has 6 nitrogen and oxygen atoms in total. The van der Waals surface area contributed by atoms with E-state index in [2.05, 4.69) is 22.2 Å². The highest BCUT2D eigenvalue weighted by atomic mass is 35.5. The molecular formula is C24H36ClN5O. The molecule has 0 aliphatic heterocycles. The van der Waals surface area contributed by atoms with Crippen molar-refractivity contribution in [3.05, 3.63) is 40.8 Å². The molecule has 0 spiro atoms. The van der Waals surface area contributed by atoms with Crippen LogP contribution >= 0.6 is 11.6 Å². The van der Waals surface area contributed by atoms with Crippen molar-refractivity contribution < 1.29 is 4.74 Å². The summed E-state index contributed by atoms with van der Waals surface area (Å²) < 4.78 is 8.15. The van der Waals surface area contributed by atoms with Gasteiger partial charge in [-0.15, -0.1) is 10.2 Å². The number of hydrogen-bond donors (Lipinski definition) is 2. The number of aromatic nitrogens is 4. The molecule has 1 atom stereocenters. The van der Waals surface area contributed by atoms with Gasteiger partial charge in [0.25, 0.3) is 0 Å². The number of aromatic amines is 1. The lowest BCUT2D eigenvalue weighted by Gasteiger charge is -2.17. The summed E-state index contributed by atoms with van der Waals surface area (Å²) in [5, 5.41) is 12.5. The monoisotopic (exact) mass is 445 g/mol. The van der Waals surface area contributed by atoms with Crippen molar-refractivity contribution in [3.8, 4) is 5.75 Å². The van der Waals surface area contributed by atoms with Crippen LogP contribution in [0.3, 0.4) is 0 Å². The molecule has 3 N–H and O–H groups in total. The molecule has 0 amide bonds. The third-order valence-electron chi connectivity index (χ3n) is 5.76. The predicted octanol–water partition coefficient (Wildman–Crippen LogP) is 7.03. The fraction of sp³-hybridized carbons (Fsp3) is 0.583. The Morgan fingerprint density at radius 2 is 1.58 bits per heavy atom. The molecule has 3 rings (SSSR count). The van der Waals surface area contributed by atoms with Crippen molar-refractivity contribution in [2.75, 3.05) is 5.73 Å². The summed E-state index contributed by atoms with van der Waals surface area (Å²) >= 11 is 6.34. The van der Waals surface area contributed by atoms with Crippen LogP contribution in [0.2, 0.25) is 5.02 Å². The Bertz CT molecular complexity index is 918. The standard InChI is InChI=1S/C24H36ClN5O/c1-3-4-5-6-7-8-9-10-11-12-13-21(31-20-16-14-19(26)15-17-20)23-27-28-24-22(25)18(2)29-30(23)24/h14-17,21,29H,3-13,26H2,1-2H3. The third kappa shape index (κ3) is 6.63. The summed E-state index contributed by atoms with van der Waals surface area (Å²) in [7, 11) is 0. The van der Waals surface area contributed by atoms with Gasteiger partial charge in [0.1, 0.15) is 10.8 Å². The van der Waals surface area contributed by atoms with Gasteiger partial charge < -0.3 is 10.5 Å². The average Bonchev–Trinajstić information content (AvgIpc) is 3.29. The fourth-order valence-electron chi connectivity index (χ4n) is 3.91. The van der Waals surface area contributed by atoms with E-state index < -0.39 is 0 Å². The first-order valence-corrected chi connectivity index (χ1v) is 12.1. The molecule has 0 aliphatic carbocycles. The zero-order chi connectivity index (χ0) is 22.1. The van der Waals surface area contributed by atoms with Gasteiger partial charge in [0.15, 0.2) is 17.6 Å². The van der Waals surface area contributed by atoms with Crippen LogP contribution in [0.1, 0.15) is 95.2 Å². The summed E-state index contributed by atoms with van der Waals surface area (Å²) in [5.41, 5.74) is 8.05. The minimum absolute atomic E-state index is 0.207. The predicted molar refractivity (Wildman–Crippen MR) is 128 cm³/mol. The van der Waals surface area contributed by atoms with Gasteiger partial charge in [0.2, 0.25) is 0 Å². The number of fused-ring (bicyclic) bond motifs is 1. The Kier molecular flexibility index (Phi) is 9.07. The van der Waals surface area contributed by atoms with Crippen molar-refractivity contribution in [2.24, 2.45) is 0 Å². The van der Waals surface area contributed by atoms with Crippen LogP contribution in [0.5, 0.6) is 5.75 Å². The zero-order valence-electron chi connectivity index (χ0n) is 18.9. The van der Waals surface area contributed by atoms with E-state index in [0.29, 0.717) is 10.7 Å². The van der Waals surface area contributed by atoms with E-state index in [4.69, 9.17) is 22.1 Å². The first-order valence-electron chi connectivity index (χ1n) is 11.7. The first-order chi connectivity index (χ1) is 15.1. The quantitative estimate of drug-likeness (QED) is 0.206. The third-order valence-corrected chi connectivity index (χ3v) is 6.21. The maximum absolute atomic E-state index is 6.34. The van der Waals surface area contributed by atoms with E-state index in [0.717, 1.165) is 35.8 Å². The second-order valence-corrected chi connectivity index (χ2v) is 8.79. The number of rotatable bonds is 14. The van der Waals surface area contributed by atoms with Crippen LogP contribution in [0.25, 0.3) is 5.65 Å². The number of benzene rings is 1. The van der Waals surface area contributed by atoms with Crippen LogP contribution in [0, 0.1) is 6.92 Å². The Morgan fingerprint density at radius 1 is 0.968 bits per heavy atom. The van der Waals surface area contributed by atoms with Gasteiger partial charge >= 0.3 is 0 Å². The SMILES string of the molecule is CCCCCCCCCCCCC(Oc1ccc(N)cc1)c1nnc2c(Cl)c(C)[nH]n12. The largest absolute Gasteiger partial charge is 0.482 e. The molecule has 7 heteroatoms. The number of nitrogens with one attached hydrogen (secondary N) is 1. The van der Waals surface area contributed by atoms with Crippen molar-refractivity contribution >= 4 is 22.9 Å². The molecule has 0 saturated carbocycles. The molecular weight excluding hydrogens is 410 g/mol. The molecule has 0 fully saturated rings. The van der Waals surface area contributed by atoms with E-state index in [9.17, 15) is 0 Å². The van der Waals surface area contributed by atoms with Crippen molar-refractivity contribution in [1.29, 1.82) is 0 Å². The molecule has 0 bridgehead atoms. The van der Waals surface area contributed by atoms with Gasteiger partial charge in [-0.2, -0.15) is 0 Å². The molecule has 1 unspecified atom stereocenters. The highest BCUT2D eigenvalue weighted by molar-refractivity contribution is 6.34. The van der Waals surface area contributed by atoms with Crippen LogP contribution in [0.15, 0.2) is 24.3 Å². The smallest absolute Gasteiger partial charge is 0.196 e. The molecule has 0 saturated heterocycles. The molecule has 170 valence electrons. The van der Waals surface area contributed by atoms with Crippen LogP contribution < -0.4 is 10.5 Å². The molecule has 0 radical (unpaired) electrons. The Labute approximate surface area is 190 Å². The van der Waals surface area contributed by atoms with E-state index in [-0.39, 0.29) is 6.10 Å². The van der Waals surface area contributed by atoms with E-state index >= 15 is 0 Å². The lowest BCUT2D eigenvalue weighted by molar-refractivity contribution is 0.178. The van der Waals surface area contributed by atoms with E-state index in [1.54, 1.807) is 0 Å². The van der Waals surface area contributed by atoms with Gasteiger partial charge in [-0.05, 0) is 44.0 Å². The minimum atomic E-state index is -0.207. The number of ether oxygens (including phenoxy) is 1. The number of unbranched alkanes of at least 4 members (excludes halogenated alkanes) is 9. The van der Waals surface area contributed by atoms with Gasteiger partial charge in [-0.3, -0.25) is 5.10 Å². The average molecular weight is 446 g/mol. The molecule has 3 aromatic rings. The number of aryl methyl sites for hydroxylation is 1. The number of halogens is 1. The number of nitrogen functional groups attached to an aromatic ring is 1. The summed E-state index contributed by atoms with van der Waals surface area (Å²) in [6.07, 6.45) is 13.7. The van der Waals surface area contributed by atoms with E-state index in [1.165, 1.54) is 57.8 Å². The van der Waals surface area contributed by atoms with Crippen molar-refractivity contribution in [2.45, 2.75) is 90.6 Å². The molecule has 1 aromatic carbocycles. The van der Waals surface area contributed by atoms with E-state index in [1.807, 2.05) is 35.7 Å². The second kappa shape index (κ2) is 12.0. The number of hydrogen-bond acceptors (Lipinski definition) is 4. The fourth-order valence-corrected chi connectivity index (χ4v) is 4.07. The number of anilines is 1. The molecule has 2 aromatic heterocycles. The molecule has 31 heavy (non-hydrogen) atoms. The van der Waals surface area contributed by atoms with Crippen LogP contribution in [0.4, 0.5) is 5.69 Å². The minimum Gasteiger partial charge on any atom is -0.482 e. The van der Waals surface area contributed by atoms with Gasteiger partial charge in [0, 0.05) is 5.69 Å². The van der Waals surface area contributed by atoms with Crippen molar-refractivity contribution in [3.63, 3.8) is 0 Å². The lowest BCUT2D eigenvalue weighted by Crippen LogP contribution is -2.12. The molecule has 0 aliphatic rings. The number of nitrogens with zero attached hydrogens (tertiary/aromatic N) is 3. The normalized spacial score (nSPS) is 12.5. The highest BCUT2D eigenvalue weighted by Crippen LogP contribution is 2.29. The van der Waals surface area contributed by atoms with Crippen molar-refractivity contribution in [1.82, 2.24) is 19.8 Å². The number of H-pyrrole nitrogens is 1. The topological polar surface area (TPSA) is 81.2 Å². The Morgan fingerprint density at radius 3 is 2.23 bits per heavy atom. The second-order valence-electron chi connectivity index (χ2n) is 8.41. The van der Waals surface area contributed by atoms with Crippen LogP contribution in [-0.4, -0.2) is 19.8 Å². The Balaban J connectivity index is 1.55. The number of nitrogens with two attached hydrogens (primary N) is 1. The highest BCUT2D eigenvalue weighted by Gasteiger charge is 2.23.